The Kier molecular flexibility index (Phi) is 4.54. The average Bonchev–Trinajstić information content (AvgIpc) is 3.39. The van der Waals surface area contributed by atoms with Crippen LogP contribution < -0.4 is 5.32 Å². The predicted octanol–water partition coefficient (Wildman–Crippen LogP) is 2.98. The van der Waals surface area contributed by atoms with Crippen LogP contribution in [-0.4, -0.2) is 27.4 Å². The van der Waals surface area contributed by atoms with Gasteiger partial charge in [0.05, 0.1) is 24.5 Å². The first-order valence-electron chi connectivity index (χ1n) is 8.73. The van der Waals surface area contributed by atoms with E-state index in [4.69, 9.17) is 8.83 Å². The molecule has 2 aliphatic rings. The lowest BCUT2D eigenvalue weighted by molar-refractivity contribution is 0.189. The number of nitrogens with one attached hydrogen (secondary N) is 1. The fourth-order valence-corrected chi connectivity index (χ4v) is 3.92. The number of fused-ring (bicyclic) bond motifs is 2. The van der Waals surface area contributed by atoms with Gasteiger partial charge in [-0.3, -0.25) is 0 Å². The van der Waals surface area contributed by atoms with Crippen molar-refractivity contribution in [3.8, 4) is 0 Å². The molecular weight excluding hydrogens is 320 g/mol. The molecule has 2 heterocycles. The first kappa shape index (κ1) is 15.9. The van der Waals surface area contributed by atoms with Crippen molar-refractivity contribution >= 4 is 6.03 Å². The molecule has 1 saturated carbocycles. The van der Waals surface area contributed by atoms with Crippen LogP contribution in [0.15, 0.2) is 46.3 Å². The minimum Gasteiger partial charge on any atom is -0.451 e. The molecule has 25 heavy (non-hydrogen) atoms. The first-order chi connectivity index (χ1) is 12.3. The zero-order valence-corrected chi connectivity index (χ0v) is 14.0. The minimum atomic E-state index is -0.121. The Labute approximate surface area is 146 Å². The highest BCUT2D eigenvalue weighted by molar-refractivity contribution is 5.74. The van der Waals surface area contributed by atoms with Gasteiger partial charge in [0.25, 0.3) is 0 Å². The van der Waals surface area contributed by atoms with Crippen LogP contribution in [0.4, 0.5) is 4.79 Å². The number of carbonyl (C=O) groups is 1. The van der Waals surface area contributed by atoms with Crippen LogP contribution in [0.25, 0.3) is 0 Å². The van der Waals surface area contributed by atoms with Gasteiger partial charge in [-0.05, 0) is 37.0 Å². The molecule has 2 aliphatic carbocycles. The molecule has 1 fully saturated rings. The number of aromatic nitrogens is 2. The summed E-state index contributed by atoms with van der Waals surface area (Å²) in [6.45, 7) is 1.42. The number of oxazole rings is 2. The predicted molar refractivity (Wildman–Crippen MR) is 89.1 cm³/mol. The molecule has 7 nitrogen and oxygen atoms in total. The molecule has 2 amide bonds. The highest BCUT2D eigenvalue weighted by Crippen LogP contribution is 2.44. The summed E-state index contributed by atoms with van der Waals surface area (Å²) in [5.74, 6) is 2.18. The normalized spacial score (nSPS) is 23.9. The van der Waals surface area contributed by atoms with Crippen molar-refractivity contribution in [3.63, 3.8) is 0 Å². The van der Waals surface area contributed by atoms with E-state index in [9.17, 15) is 4.79 Å². The number of nitrogens with zero attached hydrogens (tertiary/aromatic N) is 3. The highest BCUT2D eigenvalue weighted by Gasteiger charge is 2.35. The summed E-state index contributed by atoms with van der Waals surface area (Å²) < 4.78 is 9.99. The molecule has 2 aromatic rings. The van der Waals surface area contributed by atoms with E-state index >= 15 is 0 Å². The molecule has 0 radical (unpaired) electrons. The van der Waals surface area contributed by atoms with Gasteiger partial charge >= 0.3 is 6.03 Å². The first-order valence-corrected chi connectivity index (χ1v) is 8.73. The second-order valence-electron chi connectivity index (χ2n) is 6.88. The molecule has 1 N–H and O–H groups in total. The molecule has 3 atom stereocenters. The van der Waals surface area contributed by atoms with Gasteiger partial charge in [0.15, 0.2) is 12.8 Å². The summed E-state index contributed by atoms with van der Waals surface area (Å²) in [5, 5.41) is 3.04. The smallest absolute Gasteiger partial charge is 0.318 e. The van der Waals surface area contributed by atoms with E-state index in [0.717, 1.165) is 12.3 Å². The van der Waals surface area contributed by atoms with Crippen LogP contribution in [0.2, 0.25) is 0 Å². The number of rotatable bonds is 7. The van der Waals surface area contributed by atoms with Crippen LogP contribution in [0.3, 0.4) is 0 Å². The van der Waals surface area contributed by atoms with Gasteiger partial charge in [0.2, 0.25) is 0 Å². The Balaban J connectivity index is 1.31. The van der Waals surface area contributed by atoms with Crippen molar-refractivity contribution in [1.82, 2.24) is 20.2 Å². The van der Waals surface area contributed by atoms with Crippen LogP contribution >= 0.6 is 0 Å². The Morgan fingerprint density at radius 2 is 1.84 bits per heavy atom. The summed E-state index contributed by atoms with van der Waals surface area (Å²) >= 11 is 0. The van der Waals surface area contributed by atoms with E-state index in [0.29, 0.717) is 42.9 Å². The highest BCUT2D eigenvalue weighted by atomic mass is 16.3. The number of urea groups is 1. The Hall–Kier alpha value is -2.57. The van der Waals surface area contributed by atoms with Gasteiger partial charge in [-0.2, -0.15) is 0 Å². The number of hydrogen-bond donors (Lipinski definition) is 1. The van der Waals surface area contributed by atoms with E-state index in [2.05, 4.69) is 27.4 Å². The second-order valence-corrected chi connectivity index (χ2v) is 6.88. The summed E-state index contributed by atoms with van der Waals surface area (Å²) in [6, 6.07) is -0.121. The fraction of sp³-hybridized carbons (Fsp3) is 0.500. The minimum absolute atomic E-state index is 0.121. The molecule has 0 saturated heterocycles. The lowest BCUT2D eigenvalue weighted by atomic mass is 9.91. The van der Waals surface area contributed by atoms with E-state index < -0.39 is 0 Å². The molecule has 4 rings (SSSR count). The zero-order chi connectivity index (χ0) is 17.1. The largest absolute Gasteiger partial charge is 0.451 e. The number of amides is 2. The van der Waals surface area contributed by atoms with Crippen LogP contribution in [-0.2, 0) is 13.1 Å². The van der Waals surface area contributed by atoms with Gasteiger partial charge in [-0.15, -0.1) is 0 Å². The maximum Gasteiger partial charge on any atom is 0.318 e. The molecule has 2 aromatic heterocycles. The van der Waals surface area contributed by atoms with E-state index in [1.165, 1.54) is 25.6 Å². The molecular formula is C18H22N4O3. The third kappa shape index (κ3) is 3.75. The summed E-state index contributed by atoms with van der Waals surface area (Å²) in [4.78, 5) is 22.5. The van der Waals surface area contributed by atoms with Crippen molar-refractivity contribution in [2.75, 3.05) is 6.54 Å². The van der Waals surface area contributed by atoms with E-state index in [1.54, 1.807) is 17.4 Å². The molecule has 0 spiro atoms. The molecule has 0 aromatic carbocycles. The molecule has 0 aliphatic heterocycles. The van der Waals surface area contributed by atoms with Gasteiger partial charge in [0, 0.05) is 6.54 Å². The van der Waals surface area contributed by atoms with Crippen molar-refractivity contribution in [3.05, 3.63) is 48.9 Å². The molecule has 7 heteroatoms. The summed E-state index contributed by atoms with van der Waals surface area (Å²) in [5.41, 5.74) is 1.41. The lowest BCUT2D eigenvalue weighted by Gasteiger charge is -2.23. The van der Waals surface area contributed by atoms with Gasteiger partial charge in [-0.25, -0.2) is 14.8 Å². The van der Waals surface area contributed by atoms with Crippen molar-refractivity contribution in [2.24, 2.45) is 17.8 Å². The number of allylic oxidation sites excluding steroid dienone is 2. The van der Waals surface area contributed by atoms with Crippen molar-refractivity contribution in [1.29, 1.82) is 0 Å². The third-order valence-corrected chi connectivity index (χ3v) is 5.17. The molecule has 0 unspecified atom stereocenters. The monoisotopic (exact) mass is 342 g/mol. The zero-order valence-electron chi connectivity index (χ0n) is 14.0. The molecule has 132 valence electrons. The SMILES string of the molecule is O=C(NCC[C@@H]1C[C@@H]2C=C[C@H]1C2)N(Cc1cocn1)Cc1cocn1. The Morgan fingerprint density at radius 1 is 1.12 bits per heavy atom. The Bertz CT molecular complexity index is 675. The Morgan fingerprint density at radius 3 is 2.36 bits per heavy atom. The number of carbonyl (C=O) groups excluding carboxylic acids is 1. The van der Waals surface area contributed by atoms with E-state index in [1.807, 2.05) is 0 Å². The van der Waals surface area contributed by atoms with Gasteiger partial charge < -0.3 is 19.1 Å². The van der Waals surface area contributed by atoms with Gasteiger partial charge in [-0.1, -0.05) is 12.2 Å². The quantitative estimate of drug-likeness (QED) is 0.782. The topological polar surface area (TPSA) is 84.4 Å². The lowest BCUT2D eigenvalue weighted by Crippen LogP contribution is -2.40. The van der Waals surface area contributed by atoms with Crippen molar-refractivity contribution < 1.29 is 13.6 Å². The van der Waals surface area contributed by atoms with Gasteiger partial charge in [0.1, 0.15) is 12.5 Å². The summed E-state index contributed by atoms with van der Waals surface area (Å²) in [7, 11) is 0. The van der Waals surface area contributed by atoms with Crippen LogP contribution in [0, 0.1) is 17.8 Å². The van der Waals surface area contributed by atoms with E-state index in [-0.39, 0.29) is 6.03 Å². The standard InChI is InChI=1S/C18H22N4O3/c23-18(19-4-3-15-6-13-1-2-14(15)5-13)22(7-16-9-24-11-20-16)8-17-10-25-12-21-17/h1-2,9-15H,3-8H2,(H,19,23)/t13-,14+,15-/m1/s1. The maximum absolute atomic E-state index is 12.6. The summed E-state index contributed by atoms with van der Waals surface area (Å²) in [6.07, 6.45) is 14.1. The van der Waals surface area contributed by atoms with Crippen LogP contribution in [0.1, 0.15) is 30.7 Å². The fourth-order valence-electron chi connectivity index (χ4n) is 3.92. The third-order valence-electron chi connectivity index (χ3n) is 5.17. The number of hydrogen-bond acceptors (Lipinski definition) is 5. The van der Waals surface area contributed by atoms with Crippen molar-refractivity contribution in [2.45, 2.75) is 32.4 Å². The molecule has 2 bridgehead atoms. The van der Waals surface area contributed by atoms with Crippen LogP contribution in [0.5, 0.6) is 0 Å². The second kappa shape index (κ2) is 7.13. The maximum atomic E-state index is 12.6. The average molecular weight is 342 g/mol.